The average molecular weight is 443 g/mol. The van der Waals surface area contributed by atoms with Crippen molar-refractivity contribution in [3.8, 4) is 0 Å². The Hall–Kier alpha value is -2.99. The van der Waals surface area contributed by atoms with Crippen LogP contribution in [-0.2, 0) is 21.7 Å². The van der Waals surface area contributed by atoms with E-state index in [1.165, 1.54) is 5.56 Å². The van der Waals surface area contributed by atoms with Gasteiger partial charge in [0, 0.05) is 45.2 Å². The van der Waals surface area contributed by atoms with Gasteiger partial charge >= 0.3 is 5.97 Å². The molecule has 5 nitrogen and oxygen atoms in total. The standard InChI is InChI=1S/C28H30N2O3/c31-27(28(32,23-12-6-2-7-13-23)24-14-8-3-9-15-24)33-26-18-25-20-29(16-17-30(25)21-26)19-22-10-4-1-5-11-22/h1-15,25-26,32H,16-21H2/t25-,26+/m0/s1. The molecule has 0 saturated carbocycles. The first-order chi connectivity index (χ1) is 16.1. The van der Waals surface area contributed by atoms with Crippen LogP contribution in [0.4, 0.5) is 0 Å². The number of aliphatic hydroxyl groups is 1. The number of rotatable bonds is 6. The van der Waals surface area contributed by atoms with Crippen LogP contribution in [0.15, 0.2) is 91.0 Å². The van der Waals surface area contributed by atoms with Gasteiger partial charge in [-0.15, -0.1) is 0 Å². The van der Waals surface area contributed by atoms with Gasteiger partial charge in [0.15, 0.2) is 0 Å². The fraction of sp³-hybridized carbons (Fsp3) is 0.321. The minimum atomic E-state index is -1.83. The fourth-order valence-electron chi connectivity index (χ4n) is 5.13. The first-order valence-corrected chi connectivity index (χ1v) is 11.7. The lowest BCUT2D eigenvalue weighted by Gasteiger charge is -2.37. The number of hydrogen-bond acceptors (Lipinski definition) is 5. The third-order valence-corrected chi connectivity index (χ3v) is 6.86. The highest BCUT2D eigenvalue weighted by atomic mass is 16.6. The van der Waals surface area contributed by atoms with Crippen molar-refractivity contribution in [2.24, 2.45) is 0 Å². The van der Waals surface area contributed by atoms with Crippen LogP contribution >= 0.6 is 0 Å². The van der Waals surface area contributed by atoms with Gasteiger partial charge in [0.05, 0.1) is 0 Å². The number of carbonyl (C=O) groups is 1. The van der Waals surface area contributed by atoms with Crippen LogP contribution in [0.1, 0.15) is 23.1 Å². The highest BCUT2D eigenvalue weighted by Gasteiger charge is 2.45. The lowest BCUT2D eigenvalue weighted by Crippen LogP contribution is -2.49. The Morgan fingerprint density at radius 2 is 1.42 bits per heavy atom. The highest BCUT2D eigenvalue weighted by molar-refractivity contribution is 5.85. The Labute approximate surface area is 195 Å². The summed E-state index contributed by atoms with van der Waals surface area (Å²) in [5.41, 5.74) is 0.532. The molecule has 0 unspecified atom stereocenters. The smallest absolute Gasteiger partial charge is 0.348 e. The Kier molecular flexibility index (Phi) is 6.27. The first kappa shape index (κ1) is 21.8. The van der Waals surface area contributed by atoms with Gasteiger partial charge in [-0.1, -0.05) is 91.0 Å². The summed E-state index contributed by atoms with van der Waals surface area (Å²) in [7, 11) is 0. The number of piperazine rings is 1. The van der Waals surface area contributed by atoms with Gasteiger partial charge < -0.3 is 9.84 Å². The van der Waals surface area contributed by atoms with Crippen molar-refractivity contribution < 1.29 is 14.6 Å². The number of hydrogen-bond donors (Lipinski definition) is 1. The molecule has 2 heterocycles. The molecule has 0 spiro atoms. The van der Waals surface area contributed by atoms with E-state index < -0.39 is 11.6 Å². The molecule has 0 radical (unpaired) electrons. The predicted octanol–water partition coefficient (Wildman–Crippen LogP) is 3.42. The predicted molar refractivity (Wildman–Crippen MR) is 127 cm³/mol. The SMILES string of the molecule is O=C(O[C@@H]1C[C@H]2CN(Cc3ccccc3)CCN2C1)C(O)(c1ccccc1)c1ccccc1. The monoisotopic (exact) mass is 442 g/mol. The van der Waals surface area contributed by atoms with E-state index in [2.05, 4.69) is 34.1 Å². The third-order valence-electron chi connectivity index (χ3n) is 6.86. The summed E-state index contributed by atoms with van der Waals surface area (Å²) >= 11 is 0. The minimum absolute atomic E-state index is 0.224. The second kappa shape index (κ2) is 9.48. The van der Waals surface area contributed by atoms with Crippen molar-refractivity contribution >= 4 is 5.97 Å². The van der Waals surface area contributed by atoms with E-state index >= 15 is 0 Å². The number of esters is 1. The molecule has 0 aliphatic carbocycles. The zero-order valence-corrected chi connectivity index (χ0v) is 18.7. The average Bonchev–Trinajstić information content (AvgIpc) is 3.26. The molecule has 5 rings (SSSR count). The second-order valence-corrected chi connectivity index (χ2v) is 9.07. The Bertz CT molecular complexity index is 1020. The molecule has 2 atom stereocenters. The van der Waals surface area contributed by atoms with Crippen LogP contribution in [0.5, 0.6) is 0 Å². The number of nitrogens with zero attached hydrogens (tertiary/aromatic N) is 2. The molecule has 5 heteroatoms. The Balaban J connectivity index is 1.28. The summed E-state index contributed by atoms with van der Waals surface area (Å²) in [6.07, 6.45) is 0.564. The van der Waals surface area contributed by atoms with Crippen LogP contribution < -0.4 is 0 Å². The van der Waals surface area contributed by atoms with Crippen LogP contribution in [0.25, 0.3) is 0 Å². The largest absolute Gasteiger partial charge is 0.458 e. The van der Waals surface area contributed by atoms with E-state index in [0.29, 0.717) is 17.2 Å². The molecule has 3 aromatic rings. The Morgan fingerprint density at radius 3 is 2.03 bits per heavy atom. The maximum absolute atomic E-state index is 13.4. The third kappa shape index (κ3) is 4.58. The lowest BCUT2D eigenvalue weighted by atomic mass is 9.86. The molecular weight excluding hydrogens is 412 g/mol. The number of benzene rings is 3. The molecule has 3 aromatic carbocycles. The van der Waals surface area contributed by atoms with Gasteiger partial charge in [-0.3, -0.25) is 9.80 Å². The summed E-state index contributed by atoms with van der Waals surface area (Å²) in [5.74, 6) is -0.606. The lowest BCUT2D eigenvalue weighted by molar-refractivity contribution is -0.167. The molecular formula is C28H30N2O3. The molecule has 0 amide bonds. The van der Waals surface area contributed by atoms with Gasteiger partial charge in [-0.25, -0.2) is 4.79 Å². The van der Waals surface area contributed by atoms with E-state index in [-0.39, 0.29) is 6.10 Å². The molecule has 2 saturated heterocycles. The zero-order valence-electron chi connectivity index (χ0n) is 18.7. The van der Waals surface area contributed by atoms with Crippen LogP contribution in [0.3, 0.4) is 0 Å². The molecule has 2 aliphatic rings. The van der Waals surface area contributed by atoms with Crippen molar-refractivity contribution in [2.45, 2.75) is 30.7 Å². The highest BCUT2D eigenvalue weighted by Crippen LogP contribution is 2.33. The Morgan fingerprint density at radius 1 is 0.848 bits per heavy atom. The number of carbonyl (C=O) groups excluding carboxylic acids is 1. The molecule has 33 heavy (non-hydrogen) atoms. The van der Waals surface area contributed by atoms with E-state index in [4.69, 9.17) is 4.74 Å². The van der Waals surface area contributed by atoms with Crippen molar-refractivity contribution in [3.05, 3.63) is 108 Å². The van der Waals surface area contributed by atoms with Gasteiger partial charge in [-0.2, -0.15) is 0 Å². The molecule has 0 aromatic heterocycles. The quantitative estimate of drug-likeness (QED) is 0.593. The maximum Gasteiger partial charge on any atom is 0.348 e. The maximum atomic E-state index is 13.4. The molecule has 0 bridgehead atoms. The van der Waals surface area contributed by atoms with Gasteiger partial charge in [0.2, 0.25) is 5.60 Å². The van der Waals surface area contributed by atoms with E-state index in [1.807, 2.05) is 42.5 Å². The molecule has 170 valence electrons. The summed E-state index contributed by atoms with van der Waals surface area (Å²) in [6.45, 7) is 4.59. The van der Waals surface area contributed by atoms with Crippen molar-refractivity contribution in [1.29, 1.82) is 0 Å². The van der Waals surface area contributed by atoms with Crippen molar-refractivity contribution in [2.75, 3.05) is 26.2 Å². The summed E-state index contributed by atoms with van der Waals surface area (Å²) in [5, 5.41) is 11.7. The van der Waals surface area contributed by atoms with Crippen LogP contribution in [0.2, 0.25) is 0 Å². The van der Waals surface area contributed by atoms with Gasteiger partial charge in [0.1, 0.15) is 6.10 Å². The molecule has 1 N–H and O–H groups in total. The summed E-state index contributed by atoms with van der Waals surface area (Å²) in [6, 6.07) is 29.0. The van der Waals surface area contributed by atoms with E-state index in [9.17, 15) is 9.90 Å². The molecule has 2 aliphatic heterocycles. The first-order valence-electron chi connectivity index (χ1n) is 11.7. The van der Waals surface area contributed by atoms with Crippen molar-refractivity contribution in [3.63, 3.8) is 0 Å². The topological polar surface area (TPSA) is 53.0 Å². The van der Waals surface area contributed by atoms with Gasteiger partial charge in [-0.05, 0) is 16.7 Å². The minimum Gasteiger partial charge on any atom is -0.458 e. The van der Waals surface area contributed by atoms with Crippen LogP contribution in [0, 0.1) is 0 Å². The van der Waals surface area contributed by atoms with Crippen molar-refractivity contribution in [1.82, 2.24) is 9.80 Å². The zero-order chi connectivity index (χ0) is 22.7. The number of ether oxygens (including phenoxy) is 1. The summed E-state index contributed by atoms with van der Waals surface area (Å²) in [4.78, 5) is 18.3. The fourth-order valence-corrected chi connectivity index (χ4v) is 5.13. The summed E-state index contributed by atoms with van der Waals surface area (Å²) < 4.78 is 5.98. The van der Waals surface area contributed by atoms with Crippen LogP contribution in [-0.4, -0.2) is 59.2 Å². The molecule has 2 fully saturated rings. The number of fused-ring (bicyclic) bond motifs is 1. The van der Waals surface area contributed by atoms with Gasteiger partial charge in [0.25, 0.3) is 0 Å². The van der Waals surface area contributed by atoms with E-state index in [1.54, 1.807) is 24.3 Å². The normalized spacial score (nSPS) is 21.5. The van der Waals surface area contributed by atoms with E-state index in [0.717, 1.165) is 39.1 Å². The second-order valence-electron chi connectivity index (χ2n) is 9.07.